The molecule has 0 bridgehead atoms. The van der Waals surface area contributed by atoms with Crippen molar-refractivity contribution in [1.82, 2.24) is 5.32 Å². The normalized spacial score (nSPS) is 44.1. The van der Waals surface area contributed by atoms with Gasteiger partial charge in [0.05, 0.1) is 6.10 Å². The predicted octanol–water partition coefficient (Wildman–Crippen LogP) is 1.77. The molecule has 0 amide bonds. The molecule has 2 nitrogen and oxygen atoms in total. The molecule has 3 heteroatoms. The van der Waals surface area contributed by atoms with Gasteiger partial charge in [-0.1, -0.05) is 19.8 Å². The number of hydrogen-bond donors (Lipinski definition) is 2. The zero-order valence-corrected chi connectivity index (χ0v) is 9.72. The Morgan fingerprint density at radius 3 is 2.71 bits per heavy atom. The molecule has 1 aliphatic heterocycles. The Morgan fingerprint density at radius 2 is 2.07 bits per heavy atom. The third-order valence-corrected chi connectivity index (χ3v) is 4.73. The summed E-state index contributed by atoms with van der Waals surface area (Å²) in [6.07, 6.45) is 5.82. The summed E-state index contributed by atoms with van der Waals surface area (Å²) in [4.78, 5) is 0. The number of hydrogen-bond acceptors (Lipinski definition) is 3. The molecular formula is C11H21NOS. The van der Waals surface area contributed by atoms with Crippen molar-refractivity contribution in [3.8, 4) is 0 Å². The van der Waals surface area contributed by atoms with Crippen LogP contribution in [0.4, 0.5) is 0 Å². The molecule has 1 saturated carbocycles. The van der Waals surface area contributed by atoms with Crippen LogP contribution in [0.2, 0.25) is 0 Å². The van der Waals surface area contributed by atoms with E-state index in [1.54, 1.807) is 0 Å². The van der Waals surface area contributed by atoms with Crippen LogP contribution in [-0.2, 0) is 0 Å². The van der Waals surface area contributed by atoms with Gasteiger partial charge in [0.2, 0.25) is 0 Å². The van der Waals surface area contributed by atoms with Gasteiger partial charge in [0.25, 0.3) is 0 Å². The highest BCUT2D eigenvalue weighted by molar-refractivity contribution is 8.00. The monoisotopic (exact) mass is 215 g/mol. The molecule has 0 aromatic carbocycles. The van der Waals surface area contributed by atoms with E-state index in [0.29, 0.717) is 12.1 Å². The van der Waals surface area contributed by atoms with Gasteiger partial charge in [-0.25, -0.2) is 0 Å². The highest BCUT2D eigenvalue weighted by Crippen LogP contribution is 2.28. The molecule has 0 aromatic heterocycles. The largest absolute Gasteiger partial charge is 0.392 e. The summed E-state index contributed by atoms with van der Waals surface area (Å²) in [5.41, 5.74) is 0. The van der Waals surface area contributed by atoms with Crippen molar-refractivity contribution in [3.63, 3.8) is 0 Å². The van der Waals surface area contributed by atoms with Crippen LogP contribution in [-0.4, -0.2) is 34.3 Å². The van der Waals surface area contributed by atoms with E-state index in [2.05, 4.69) is 24.0 Å². The molecule has 0 spiro atoms. The maximum atomic E-state index is 9.83. The molecule has 2 rings (SSSR count). The third kappa shape index (κ3) is 2.65. The van der Waals surface area contributed by atoms with Crippen LogP contribution in [0, 0.1) is 0 Å². The molecule has 2 N–H and O–H groups in total. The minimum atomic E-state index is -0.0929. The first-order valence-corrected chi connectivity index (χ1v) is 6.86. The van der Waals surface area contributed by atoms with Crippen LogP contribution >= 0.6 is 11.8 Å². The van der Waals surface area contributed by atoms with Gasteiger partial charge in [0.1, 0.15) is 0 Å². The average molecular weight is 215 g/mol. The summed E-state index contributed by atoms with van der Waals surface area (Å²) in [6, 6.07) is 1.02. The van der Waals surface area contributed by atoms with E-state index >= 15 is 0 Å². The van der Waals surface area contributed by atoms with Crippen molar-refractivity contribution in [1.29, 1.82) is 0 Å². The fourth-order valence-corrected chi connectivity index (χ4v) is 3.70. The average Bonchev–Trinajstić information content (AvgIpc) is 2.56. The van der Waals surface area contributed by atoms with E-state index < -0.39 is 0 Å². The van der Waals surface area contributed by atoms with E-state index in [1.165, 1.54) is 25.0 Å². The smallest absolute Gasteiger partial charge is 0.0693 e. The predicted molar refractivity (Wildman–Crippen MR) is 61.7 cm³/mol. The first-order chi connectivity index (χ1) is 6.75. The van der Waals surface area contributed by atoms with Gasteiger partial charge in [-0.3, -0.25) is 0 Å². The Kier molecular flexibility index (Phi) is 3.74. The zero-order chi connectivity index (χ0) is 9.97. The van der Waals surface area contributed by atoms with Crippen LogP contribution in [0.25, 0.3) is 0 Å². The number of nitrogens with one attached hydrogen (secondary N) is 1. The summed E-state index contributed by atoms with van der Waals surface area (Å²) >= 11 is 2.05. The minimum absolute atomic E-state index is 0.0929. The second-order valence-electron chi connectivity index (χ2n) is 4.70. The molecule has 1 saturated heterocycles. The number of aliphatic hydroxyl groups is 1. The molecule has 1 aliphatic carbocycles. The van der Waals surface area contributed by atoms with E-state index in [9.17, 15) is 5.11 Å². The van der Waals surface area contributed by atoms with Crippen LogP contribution in [0.15, 0.2) is 0 Å². The summed E-state index contributed by atoms with van der Waals surface area (Å²) < 4.78 is 0. The maximum absolute atomic E-state index is 9.83. The van der Waals surface area contributed by atoms with E-state index in [-0.39, 0.29) is 6.10 Å². The highest BCUT2D eigenvalue weighted by Gasteiger charge is 2.28. The van der Waals surface area contributed by atoms with Gasteiger partial charge >= 0.3 is 0 Å². The van der Waals surface area contributed by atoms with Gasteiger partial charge in [-0.05, 0) is 19.3 Å². The lowest BCUT2D eigenvalue weighted by Crippen LogP contribution is -2.47. The van der Waals surface area contributed by atoms with Crippen molar-refractivity contribution < 1.29 is 5.11 Å². The lowest BCUT2D eigenvalue weighted by molar-refractivity contribution is 0.0861. The molecular weight excluding hydrogens is 194 g/mol. The summed E-state index contributed by atoms with van der Waals surface area (Å²) in [7, 11) is 0. The Labute approximate surface area is 90.8 Å². The SMILES string of the molecule is CC1CC(N[C@@H]2CCCC[C@H]2O)CS1. The fourth-order valence-electron chi connectivity index (χ4n) is 2.54. The standard InChI is InChI=1S/C11H21NOS/c1-8-6-9(7-14-8)12-10-4-2-3-5-11(10)13/h8-13H,2-7H2,1H3/t8?,9?,10-,11-/m1/s1. The van der Waals surface area contributed by atoms with Crippen molar-refractivity contribution in [2.45, 2.75) is 62.5 Å². The summed E-state index contributed by atoms with van der Waals surface area (Å²) in [6.45, 7) is 2.30. The quantitative estimate of drug-likeness (QED) is 0.736. The molecule has 2 aliphatic rings. The Balaban J connectivity index is 1.78. The van der Waals surface area contributed by atoms with E-state index in [4.69, 9.17) is 0 Å². The van der Waals surface area contributed by atoms with Crippen molar-refractivity contribution in [2.75, 3.05) is 5.75 Å². The van der Waals surface area contributed by atoms with Crippen molar-refractivity contribution in [2.24, 2.45) is 0 Å². The third-order valence-electron chi connectivity index (χ3n) is 3.38. The van der Waals surface area contributed by atoms with Crippen LogP contribution in [0.3, 0.4) is 0 Å². The lowest BCUT2D eigenvalue weighted by atomic mass is 9.92. The van der Waals surface area contributed by atoms with Gasteiger partial charge in [-0.15, -0.1) is 0 Å². The Bertz CT molecular complexity index is 188. The second-order valence-corrected chi connectivity index (χ2v) is 6.17. The van der Waals surface area contributed by atoms with Gasteiger partial charge in [0.15, 0.2) is 0 Å². The van der Waals surface area contributed by atoms with E-state index in [0.717, 1.165) is 18.1 Å². The summed E-state index contributed by atoms with van der Waals surface area (Å²) in [5.74, 6) is 1.23. The topological polar surface area (TPSA) is 32.3 Å². The first kappa shape index (κ1) is 10.8. The molecule has 0 radical (unpaired) electrons. The summed E-state index contributed by atoms with van der Waals surface area (Å²) in [5, 5.41) is 14.3. The number of rotatable bonds is 2. The first-order valence-electron chi connectivity index (χ1n) is 5.81. The second kappa shape index (κ2) is 4.86. The molecule has 14 heavy (non-hydrogen) atoms. The van der Waals surface area contributed by atoms with Crippen molar-refractivity contribution >= 4 is 11.8 Å². The molecule has 2 unspecified atom stereocenters. The highest BCUT2D eigenvalue weighted by atomic mass is 32.2. The minimum Gasteiger partial charge on any atom is -0.392 e. The molecule has 0 aromatic rings. The number of thioether (sulfide) groups is 1. The molecule has 4 atom stereocenters. The van der Waals surface area contributed by atoms with Gasteiger partial charge in [-0.2, -0.15) is 11.8 Å². The Morgan fingerprint density at radius 1 is 1.29 bits per heavy atom. The fraction of sp³-hybridized carbons (Fsp3) is 1.00. The van der Waals surface area contributed by atoms with Crippen molar-refractivity contribution in [3.05, 3.63) is 0 Å². The molecule has 1 heterocycles. The zero-order valence-electron chi connectivity index (χ0n) is 8.91. The lowest BCUT2D eigenvalue weighted by Gasteiger charge is -2.30. The number of aliphatic hydroxyl groups excluding tert-OH is 1. The van der Waals surface area contributed by atoms with Crippen LogP contribution < -0.4 is 5.32 Å². The van der Waals surface area contributed by atoms with E-state index in [1.807, 2.05) is 0 Å². The van der Waals surface area contributed by atoms with Gasteiger partial charge < -0.3 is 10.4 Å². The Hall–Kier alpha value is 0.270. The molecule has 82 valence electrons. The van der Waals surface area contributed by atoms with Gasteiger partial charge in [0, 0.05) is 23.1 Å². The maximum Gasteiger partial charge on any atom is 0.0693 e. The van der Waals surface area contributed by atoms with Crippen LogP contribution in [0.1, 0.15) is 39.0 Å². The van der Waals surface area contributed by atoms with Crippen LogP contribution in [0.5, 0.6) is 0 Å². The molecule has 2 fully saturated rings.